The summed E-state index contributed by atoms with van der Waals surface area (Å²) in [5.74, 6) is 1.44. The van der Waals surface area contributed by atoms with E-state index >= 15 is 0 Å². The van der Waals surface area contributed by atoms with Crippen molar-refractivity contribution >= 4 is 11.8 Å². The van der Waals surface area contributed by atoms with E-state index in [0.717, 1.165) is 36.7 Å². The fourth-order valence-electron chi connectivity index (χ4n) is 2.62. The summed E-state index contributed by atoms with van der Waals surface area (Å²) in [7, 11) is 0. The van der Waals surface area contributed by atoms with Crippen LogP contribution >= 0.6 is 11.8 Å². The van der Waals surface area contributed by atoms with Crippen molar-refractivity contribution in [3.8, 4) is 0 Å². The molecule has 0 saturated carbocycles. The van der Waals surface area contributed by atoms with Crippen LogP contribution in [0.5, 0.6) is 0 Å². The first-order valence-electron chi connectivity index (χ1n) is 7.00. The number of likely N-dealkylation sites (tertiary alicyclic amines) is 1. The van der Waals surface area contributed by atoms with Gasteiger partial charge in [-0.1, -0.05) is 12.1 Å². The summed E-state index contributed by atoms with van der Waals surface area (Å²) in [5.41, 5.74) is 0. The van der Waals surface area contributed by atoms with Crippen LogP contribution < -0.4 is 0 Å². The van der Waals surface area contributed by atoms with Gasteiger partial charge >= 0.3 is 0 Å². The summed E-state index contributed by atoms with van der Waals surface area (Å²) < 4.78 is 13.5. The molecule has 0 bridgehead atoms. The maximum Gasteiger partial charge on any atom is 0.136 e. The lowest BCUT2D eigenvalue weighted by Gasteiger charge is -2.32. The maximum atomic E-state index is 13.5. The van der Waals surface area contributed by atoms with Crippen LogP contribution in [0.1, 0.15) is 19.3 Å². The summed E-state index contributed by atoms with van der Waals surface area (Å²) in [5, 5.41) is 9.00. The minimum absolute atomic E-state index is 0.121. The van der Waals surface area contributed by atoms with E-state index in [1.807, 2.05) is 12.1 Å². The van der Waals surface area contributed by atoms with Gasteiger partial charge < -0.3 is 10.0 Å². The number of hydrogen-bond acceptors (Lipinski definition) is 3. The highest BCUT2D eigenvalue weighted by Crippen LogP contribution is 2.23. The monoisotopic (exact) mass is 283 g/mol. The van der Waals surface area contributed by atoms with E-state index in [9.17, 15) is 4.39 Å². The molecule has 1 aliphatic heterocycles. The molecule has 2 nitrogen and oxygen atoms in total. The first-order chi connectivity index (χ1) is 9.29. The van der Waals surface area contributed by atoms with Gasteiger partial charge in [0, 0.05) is 30.3 Å². The van der Waals surface area contributed by atoms with Gasteiger partial charge in [0.2, 0.25) is 0 Å². The average Bonchev–Trinajstić information content (AvgIpc) is 2.42. The molecule has 1 atom stereocenters. The van der Waals surface area contributed by atoms with E-state index in [0.29, 0.717) is 12.5 Å². The zero-order chi connectivity index (χ0) is 13.5. The van der Waals surface area contributed by atoms with Gasteiger partial charge in [-0.15, -0.1) is 11.8 Å². The van der Waals surface area contributed by atoms with Gasteiger partial charge in [0.15, 0.2) is 0 Å². The van der Waals surface area contributed by atoms with Gasteiger partial charge in [-0.2, -0.15) is 0 Å². The molecule has 19 heavy (non-hydrogen) atoms. The Morgan fingerprint density at radius 3 is 3.00 bits per heavy atom. The summed E-state index contributed by atoms with van der Waals surface area (Å²) in [6, 6.07) is 6.96. The first kappa shape index (κ1) is 14.8. The predicted molar refractivity (Wildman–Crippen MR) is 78.0 cm³/mol. The van der Waals surface area contributed by atoms with E-state index < -0.39 is 0 Å². The predicted octanol–water partition coefficient (Wildman–Crippen LogP) is 3.01. The lowest BCUT2D eigenvalue weighted by Crippen LogP contribution is -2.37. The molecular weight excluding hydrogens is 261 g/mol. The fourth-order valence-corrected chi connectivity index (χ4v) is 3.57. The zero-order valence-corrected chi connectivity index (χ0v) is 12.0. The number of benzene rings is 1. The highest BCUT2D eigenvalue weighted by atomic mass is 32.2. The fraction of sp³-hybridized carbons (Fsp3) is 0.600. The van der Waals surface area contributed by atoms with Crippen molar-refractivity contribution in [3.63, 3.8) is 0 Å². The second kappa shape index (κ2) is 7.88. The quantitative estimate of drug-likeness (QED) is 0.812. The number of piperidine rings is 1. The molecule has 0 aromatic heterocycles. The molecule has 1 saturated heterocycles. The second-order valence-corrected chi connectivity index (χ2v) is 6.24. The van der Waals surface area contributed by atoms with Gasteiger partial charge in [0.05, 0.1) is 0 Å². The minimum atomic E-state index is -0.121. The Hall–Kier alpha value is -0.580. The van der Waals surface area contributed by atoms with Gasteiger partial charge in [0.25, 0.3) is 0 Å². The van der Waals surface area contributed by atoms with Crippen LogP contribution in [0.25, 0.3) is 0 Å². The van der Waals surface area contributed by atoms with Gasteiger partial charge in [0.1, 0.15) is 5.82 Å². The third kappa shape index (κ3) is 4.79. The van der Waals surface area contributed by atoms with Crippen LogP contribution in [0.15, 0.2) is 29.2 Å². The van der Waals surface area contributed by atoms with E-state index in [1.54, 1.807) is 17.8 Å². The van der Waals surface area contributed by atoms with E-state index in [4.69, 9.17) is 5.11 Å². The Balaban J connectivity index is 1.72. The van der Waals surface area contributed by atoms with Crippen LogP contribution in [-0.4, -0.2) is 42.0 Å². The zero-order valence-electron chi connectivity index (χ0n) is 11.2. The molecule has 0 aliphatic carbocycles. The summed E-state index contributed by atoms with van der Waals surface area (Å²) in [4.78, 5) is 3.18. The Kier molecular flexibility index (Phi) is 6.14. The molecule has 0 spiro atoms. The Labute approximate surface area is 119 Å². The van der Waals surface area contributed by atoms with Crippen LogP contribution in [0.3, 0.4) is 0 Å². The van der Waals surface area contributed by atoms with Crippen molar-refractivity contribution < 1.29 is 9.50 Å². The number of hydrogen-bond donors (Lipinski definition) is 1. The Bertz CT molecular complexity index is 386. The third-order valence-corrected chi connectivity index (χ3v) is 4.67. The Morgan fingerprint density at radius 1 is 1.37 bits per heavy atom. The molecule has 0 amide bonds. The first-order valence-corrected chi connectivity index (χ1v) is 7.98. The standard InChI is InChI=1S/C15H22FNOS/c16-14-5-1-2-6-15(14)19-11-9-17-8-3-4-13(12-17)7-10-18/h1-2,5-6,13,18H,3-4,7-12H2. The van der Waals surface area contributed by atoms with Crippen LogP contribution in [0, 0.1) is 11.7 Å². The van der Waals surface area contributed by atoms with Gasteiger partial charge in [-0.25, -0.2) is 4.39 Å². The number of halogens is 1. The Morgan fingerprint density at radius 2 is 2.21 bits per heavy atom. The molecular formula is C15H22FNOS. The SMILES string of the molecule is OCCC1CCCN(CCSc2ccccc2F)C1. The molecule has 1 aromatic rings. The van der Waals surface area contributed by atoms with Crippen LogP contribution in [0.2, 0.25) is 0 Å². The maximum absolute atomic E-state index is 13.5. The van der Waals surface area contributed by atoms with Crippen molar-refractivity contribution in [3.05, 3.63) is 30.1 Å². The number of aliphatic hydroxyl groups excluding tert-OH is 1. The van der Waals surface area contributed by atoms with Crippen molar-refractivity contribution in [2.75, 3.05) is 32.0 Å². The molecule has 1 aromatic carbocycles. The number of nitrogens with zero attached hydrogens (tertiary/aromatic N) is 1. The van der Waals surface area contributed by atoms with Gasteiger partial charge in [-0.3, -0.25) is 0 Å². The van der Waals surface area contributed by atoms with Crippen molar-refractivity contribution in [2.24, 2.45) is 5.92 Å². The molecule has 2 rings (SSSR count). The molecule has 4 heteroatoms. The smallest absolute Gasteiger partial charge is 0.136 e. The second-order valence-electron chi connectivity index (χ2n) is 5.10. The molecule has 106 valence electrons. The van der Waals surface area contributed by atoms with E-state index in [1.165, 1.54) is 18.9 Å². The van der Waals surface area contributed by atoms with Crippen molar-refractivity contribution in [2.45, 2.75) is 24.2 Å². The summed E-state index contributed by atoms with van der Waals surface area (Å²) >= 11 is 1.59. The summed E-state index contributed by atoms with van der Waals surface area (Å²) in [6.45, 7) is 3.52. The molecule has 0 radical (unpaired) electrons. The molecule has 1 N–H and O–H groups in total. The van der Waals surface area contributed by atoms with Crippen LogP contribution in [-0.2, 0) is 0 Å². The average molecular weight is 283 g/mol. The third-order valence-electron chi connectivity index (χ3n) is 3.64. The van der Waals surface area contributed by atoms with Gasteiger partial charge in [-0.05, 0) is 43.9 Å². The number of rotatable bonds is 6. The van der Waals surface area contributed by atoms with Crippen molar-refractivity contribution in [1.29, 1.82) is 0 Å². The number of thioether (sulfide) groups is 1. The molecule has 1 heterocycles. The lowest BCUT2D eigenvalue weighted by atomic mass is 9.95. The highest BCUT2D eigenvalue weighted by molar-refractivity contribution is 7.99. The normalized spacial score (nSPS) is 20.6. The lowest BCUT2D eigenvalue weighted by molar-refractivity contribution is 0.154. The largest absolute Gasteiger partial charge is 0.396 e. The minimum Gasteiger partial charge on any atom is -0.396 e. The van der Waals surface area contributed by atoms with E-state index in [2.05, 4.69) is 4.90 Å². The molecule has 1 unspecified atom stereocenters. The highest BCUT2D eigenvalue weighted by Gasteiger charge is 2.18. The molecule has 1 aliphatic rings. The number of aliphatic hydroxyl groups is 1. The van der Waals surface area contributed by atoms with E-state index in [-0.39, 0.29) is 5.82 Å². The summed E-state index contributed by atoms with van der Waals surface area (Å²) in [6.07, 6.45) is 3.36. The molecule has 1 fully saturated rings. The van der Waals surface area contributed by atoms with Crippen molar-refractivity contribution in [1.82, 2.24) is 4.90 Å². The van der Waals surface area contributed by atoms with Crippen LogP contribution in [0.4, 0.5) is 4.39 Å². The topological polar surface area (TPSA) is 23.5 Å².